The molecule has 1 saturated heterocycles. The third-order valence-electron chi connectivity index (χ3n) is 7.52. The van der Waals surface area contributed by atoms with Crippen molar-refractivity contribution in [1.29, 1.82) is 0 Å². The van der Waals surface area contributed by atoms with E-state index in [9.17, 15) is 13.2 Å². The predicted octanol–water partition coefficient (Wildman–Crippen LogP) is 2.77. The largest absolute Gasteiger partial charge is 0.760 e. The van der Waals surface area contributed by atoms with E-state index < -0.39 is 23.0 Å². The Morgan fingerprint density at radius 2 is 1.80 bits per heavy atom. The fourth-order valence-electron chi connectivity index (χ4n) is 5.90. The van der Waals surface area contributed by atoms with Gasteiger partial charge in [0.05, 0.1) is 5.56 Å². The van der Waals surface area contributed by atoms with Gasteiger partial charge in [-0.2, -0.15) is 18.4 Å². The Hall–Kier alpha value is -1.93. The van der Waals surface area contributed by atoms with Gasteiger partial charge in [0, 0.05) is 35.0 Å². The molecular formula is C22H31F3N7O2S-. The Morgan fingerprint density at radius 3 is 2.46 bits per heavy atom. The van der Waals surface area contributed by atoms with Crippen molar-refractivity contribution >= 4 is 11.3 Å². The fraction of sp³-hybridized carbons (Fsp3) is 0.682. The van der Waals surface area contributed by atoms with Crippen LogP contribution in [0.4, 0.5) is 13.2 Å². The van der Waals surface area contributed by atoms with E-state index in [1.165, 1.54) is 31.7 Å². The number of rotatable bonds is 4. The summed E-state index contributed by atoms with van der Waals surface area (Å²) in [6.45, 7) is 1.16. The summed E-state index contributed by atoms with van der Waals surface area (Å²) in [6, 6.07) is 5.69. The summed E-state index contributed by atoms with van der Waals surface area (Å²) in [5, 5.41) is 25.4. The minimum absolute atomic E-state index is 0.209. The summed E-state index contributed by atoms with van der Waals surface area (Å²) in [6.07, 6.45) is 4.67. The molecule has 0 amide bonds. The van der Waals surface area contributed by atoms with E-state index in [2.05, 4.69) is 36.4 Å². The molecule has 13 heteroatoms. The molecule has 2 aromatic rings. The number of benzene rings is 1. The standard InChI is InChI=1S/C22H29F3N6.H3NO2S/c23-22(24,25)15-4-8-18(19(11-15)21-28-30-31-29-21)13-1-5-16(6-2-13)27-17-7-3-14-9-10-26-20(14)12-17;1-4(2)3/h4,8,11,13-14,16-17,20,26-27H,1-3,5-7,9-10,12H2,(H,28,29,30,31);1H2,(H,2,3)/p-1/t13?,14-,16?,17-,20-;/m0./s1. The molecule has 5 rings (SSSR count). The number of aromatic nitrogens is 4. The topological polar surface area (TPSA) is 145 Å². The molecule has 4 atom stereocenters. The number of alkyl halides is 3. The molecule has 1 aromatic carbocycles. The van der Waals surface area contributed by atoms with E-state index in [0.29, 0.717) is 23.7 Å². The average Bonchev–Trinajstić information content (AvgIpc) is 3.50. The first-order chi connectivity index (χ1) is 16.7. The highest BCUT2D eigenvalue weighted by atomic mass is 32.2. The minimum atomic E-state index is -4.40. The molecule has 3 aliphatic rings. The van der Waals surface area contributed by atoms with Gasteiger partial charge in [0.1, 0.15) is 0 Å². The molecule has 2 aliphatic carbocycles. The summed E-state index contributed by atoms with van der Waals surface area (Å²) < 4.78 is 57.3. The lowest BCUT2D eigenvalue weighted by molar-refractivity contribution is -0.137. The van der Waals surface area contributed by atoms with Gasteiger partial charge in [-0.15, -0.1) is 10.2 Å². The maximum absolute atomic E-state index is 13.3. The van der Waals surface area contributed by atoms with Gasteiger partial charge in [0.2, 0.25) is 5.82 Å². The number of halogens is 3. The molecule has 2 heterocycles. The van der Waals surface area contributed by atoms with Gasteiger partial charge in [-0.1, -0.05) is 6.07 Å². The zero-order valence-corrected chi connectivity index (χ0v) is 20.1. The molecule has 5 N–H and O–H groups in total. The third-order valence-corrected chi connectivity index (χ3v) is 7.52. The molecule has 3 fully saturated rings. The van der Waals surface area contributed by atoms with Crippen molar-refractivity contribution in [3.05, 3.63) is 29.3 Å². The van der Waals surface area contributed by atoms with Crippen LogP contribution in [0.3, 0.4) is 0 Å². The molecule has 0 radical (unpaired) electrons. The van der Waals surface area contributed by atoms with Crippen molar-refractivity contribution in [1.82, 2.24) is 31.3 Å². The first-order valence-corrected chi connectivity index (χ1v) is 13.1. The monoisotopic (exact) mass is 514 g/mol. The quantitative estimate of drug-likeness (QED) is 0.459. The summed E-state index contributed by atoms with van der Waals surface area (Å²) in [5.74, 6) is 1.29. The van der Waals surface area contributed by atoms with Gasteiger partial charge >= 0.3 is 6.18 Å². The molecule has 1 aliphatic heterocycles. The van der Waals surface area contributed by atoms with Crippen molar-refractivity contribution in [2.45, 2.75) is 81.6 Å². The van der Waals surface area contributed by atoms with Crippen LogP contribution in [0.5, 0.6) is 0 Å². The second kappa shape index (κ2) is 11.4. The van der Waals surface area contributed by atoms with Crippen molar-refractivity contribution in [2.24, 2.45) is 11.1 Å². The van der Waals surface area contributed by atoms with Crippen LogP contribution >= 0.6 is 0 Å². The normalized spacial score (nSPS) is 29.7. The van der Waals surface area contributed by atoms with Gasteiger partial charge in [0.15, 0.2) is 0 Å². The van der Waals surface area contributed by atoms with Crippen molar-refractivity contribution < 1.29 is 21.9 Å². The Labute approximate surface area is 204 Å². The van der Waals surface area contributed by atoms with Gasteiger partial charge in [-0.3, -0.25) is 9.35 Å². The number of hydrogen-bond acceptors (Lipinski definition) is 7. The van der Waals surface area contributed by atoms with E-state index in [4.69, 9.17) is 8.76 Å². The number of nitrogens with two attached hydrogens (primary N) is 1. The third kappa shape index (κ3) is 6.85. The SMILES string of the molecule is FC(F)(F)c1ccc(C2CCC(N[C@H]3CC[C@H]4CCN[C@H]4C3)CC2)c(-c2nn[nH]n2)c1.NS(=O)[O-]. The number of nitrogens with zero attached hydrogens (tertiary/aromatic N) is 3. The van der Waals surface area contributed by atoms with Gasteiger partial charge < -0.3 is 15.2 Å². The van der Waals surface area contributed by atoms with Crippen LogP contribution in [0, 0.1) is 5.92 Å². The Kier molecular flexibility index (Phi) is 8.53. The van der Waals surface area contributed by atoms with E-state index in [0.717, 1.165) is 49.8 Å². The summed E-state index contributed by atoms with van der Waals surface area (Å²) in [4.78, 5) is 0. The van der Waals surface area contributed by atoms with Crippen LogP contribution in [-0.2, 0) is 17.4 Å². The molecule has 0 bridgehead atoms. The molecule has 0 spiro atoms. The lowest BCUT2D eigenvalue weighted by Gasteiger charge is -2.37. The summed E-state index contributed by atoms with van der Waals surface area (Å²) >= 11 is -2.36. The average molecular weight is 515 g/mol. The van der Waals surface area contributed by atoms with Crippen molar-refractivity contribution in [3.63, 3.8) is 0 Å². The van der Waals surface area contributed by atoms with Gasteiger partial charge in [0.25, 0.3) is 0 Å². The van der Waals surface area contributed by atoms with Crippen molar-refractivity contribution in [3.8, 4) is 11.4 Å². The van der Waals surface area contributed by atoms with Crippen LogP contribution in [0.2, 0.25) is 0 Å². The smallest absolute Gasteiger partial charge is 0.416 e. The number of nitrogens with one attached hydrogen (secondary N) is 3. The Balaban J connectivity index is 0.000000672. The van der Waals surface area contributed by atoms with E-state index in [1.54, 1.807) is 6.07 Å². The van der Waals surface area contributed by atoms with Gasteiger partial charge in [-0.25, -0.2) is 0 Å². The molecule has 194 valence electrons. The number of hydrogen-bond donors (Lipinski definition) is 4. The zero-order valence-electron chi connectivity index (χ0n) is 19.3. The van der Waals surface area contributed by atoms with Crippen LogP contribution in [0.25, 0.3) is 11.4 Å². The van der Waals surface area contributed by atoms with Gasteiger partial charge in [-0.05, 0) is 92.7 Å². The van der Waals surface area contributed by atoms with E-state index in [1.807, 2.05) is 0 Å². The predicted molar refractivity (Wildman–Crippen MR) is 123 cm³/mol. The summed E-state index contributed by atoms with van der Waals surface area (Å²) in [5.41, 5.74) is 0.650. The molecule has 1 unspecified atom stereocenters. The highest BCUT2D eigenvalue weighted by molar-refractivity contribution is 7.76. The summed E-state index contributed by atoms with van der Waals surface area (Å²) in [7, 11) is 0. The molecule has 9 nitrogen and oxygen atoms in total. The highest BCUT2D eigenvalue weighted by Crippen LogP contribution is 2.41. The molecule has 35 heavy (non-hydrogen) atoms. The van der Waals surface area contributed by atoms with Crippen LogP contribution in [0.15, 0.2) is 18.2 Å². The molecular weight excluding hydrogens is 483 g/mol. The van der Waals surface area contributed by atoms with Crippen molar-refractivity contribution in [2.75, 3.05) is 6.54 Å². The number of tetrazole rings is 1. The Bertz CT molecular complexity index is 980. The number of H-pyrrole nitrogens is 1. The lowest BCUT2D eigenvalue weighted by atomic mass is 9.78. The zero-order chi connectivity index (χ0) is 25.0. The van der Waals surface area contributed by atoms with E-state index in [-0.39, 0.29) is 11.7 Å². The second-order valence-electron chi connectivity index (χ2n) is 9.63. The molecule has 2 saturated carbocycles. The van der Waals surface area contributed by atoms with Crippen LogP contribution in [-0.4, -0.2) is 54.1 Å². The highest BCUT2D eigenvalue weighted by Gasteiger charge is 2.36. The molecule has 1 aromatic heterocycles. The lowest BCUT2D eigenvalue weighted by Crippen LogP contribution is -2.47. The second-order valence-corrected chi connectivity index (χ2v) is 10.2. The first-order valence-electron chi connectivity index (χ1n) is 12.0. The minimum Gasteiger partial charge on any atom is -0.760 e. The number of aromatic amines is 1. The fourth-order valence-corrected chi connectivity index (χ4v) is 5.90. The maximum atomic E-state index is 13.3. The maximum Gasteiger partial charge on any atom is 0.416 e. The van der Waals surface area contributed by atoms with Crippen LogP contribution in [0.1, 0.15) is 68.4 Å². The first kappa shape index (κ1) is 26.1. The van der Waals surface area contributed by atoms with Crippen LogP contribution < -0.4 is 15.8 Å². The van der Waals surface area contributed by atoms with E-state index >= 15 is 0 Å². The Morgan fingerprint density at radius 1 is 1.09 bits per heavy atom. The number of fused-ring (bicyclic) bond motifs is 1.